The van der Waals surface area contributed by atoms with Crippen molar-refractivity contribution >= 4 is 29.6 Å². The fourth-order valence-corrected chi connectivity index (χ4v) is 2.86. The number of hydrogen-bond donors (Lipinski definition) is 1. The van der Waals surface area contributed by atoms with Crippen LogP contribution in [0.1, 0.15) is 23.7 Å². The normalized spacial score (nSPS) is 14.4. The molecule has 140 valence electrons. The van der Waals surface area contributed by atoms with E-state index in [1.165, 1.54) is 12.2 Å². The Hall–Kier alpha value is -2.99. The van der Waals surface area contributed by atoms with Gasteiger partial charge in [-0.25, -0.2) is 4.79 Å². The zero-order valence-electron chi connectivity index (χ0n) is 14.4. The van der Waals surface area contributed by atoms with Crippen LogP contribution in [0.5, 0.6) is 11.5 Å². The Kier molecular flexibility index (Phi) is 5.98. The fourth-order valence-electron chi connectivity index (χ4n) is 2.58. The van der Waals surface area contributed by atoms with Crippen molar-refractivity contribution in [2.75, 3.05) is 13.2 Å². The summed E-state index contributed by atoms with van der Waals surface area (Å²) >= 11 is 6.22. The van der Waals surface area contributed by atoms with Crippen molar-refractivity contribution in [3.8, 4) is 11.5 Å². The number of amides is 1. The van der Waals surface area contributed by atoms with Crippen molar-refractivity contribution in [3.05, 3.63) is 64.7 Å². The molecule has 0 spiro atoms. The molecular weight excluding hydrogens is 370 g/mol. The van der Waals surface area contributed by atoms with E-state index < -0.39 is 18.0 Å². The lowest BCUT2D eigenvalue weighted by atomic mass is 10.1. The zero-order valence-corrected chi connectivity index (χ0v) is 15.1. The molecular formula is C20H18ClNO5. The Balaban J connectivity index is 1.73. The van der Waals surface area contributed by atoms with Gasteiger partial charge in [-0.15, -0.1) is 0 Å². The average molecular weight is 388 g/mol. The third-order valence-electron chi connectivity index (χ3n) is 3.83. The monoisotopic (exact) mass is 387 g/mol. The smallest absolute Gasteiger partial charge is 0.331 e. The van der Waals surface area contributed by atoms with Gasteiger partial charge < -0.3 is 19.9 Å². The topological polar surface area (TPSA) is 87.9 Å². The largest absolute Gasteiger partial charge is 0.489 e. The van der Waals surface area contributed by atoms with E-state index in [1.807, 2.05) is 0 Å². The van der Waals surface area contributed by atoms with Crippen LogP contribution in [0.3, 0.4) is 0 Å². The SMILES string of the molecule is NC(=O)[C@@H](OC(=O)/C=C/c1cc(Cl)c2c(c1)OCCCO2)c1ccccc1. The van der Waals surface area contributed by atoms with E-state index >= 15 is 0 Å². The molecule has 27 heavy (non-hydrogen) atoms. The molecule has 0 aromatic heterocycles. The number of hydrogen-bond acceptors (Lipinski definition) is 5. The summed E-state index contributed by atoms with van der Waals surface area (Å²) in [6, 6.07) is 12.0. The van der Waals surface area contributed by atoms with Crippen molar-refractivity contribution in [2.24, 2.45) is 5.73 Å². The second-order valence-corrected chi connectivity index (χ2v) is 6.25. The van der Waals surface area contributed by atoms with Gasteiger partial charge in [0.1, 0.15) is 0 Å². The molecule has 1 aliphatic rings. The molecule has 0 radical (unpaired) electrons. The van der Waals surface area contributed by atoms with Crippen LogP contribution in [0, 0.1) is 0 Å². The van der Waals surface area contributed by atoms with Crippen molar-refractivity contribution in [2.45, 2.75) is 12.5 Å². The minimum absolute atomic E-state index is 0.390. The number of rotatable bonds is 5. The quantitative estimate of drug-likeness (QED) is 0.628. The fraction of sp³-hybridized carbons (Fsp3) is 0.200. The molecule has 2 aromatic carbocycles. The molecule has 0 saturated heterocycles. The molecule has 7 heteroatoms. The number of benzene rings is 2. The highest BCUT2D eigenvalue weighted by atomic mass is 35.5. The van der Waals surface area contributed by atoms with E-state index in [2.05, 4.69) is 0 Å². The first-order valence-electron chi connectivity index (χ1n) is 8.36. The van der Waals surface area contributed by atoms with E-state index in [-0.39, 0.29) is 0 Å². The van der Waals surface area contributed by atoms with Gasteiger partial charge in [0.25, 0.3) is 5.91 Å². The molecule has 0 bridgehead atoms. The number of halogens is 1. The number of carbonyl (C=O) groups is 2. The molecule has 2 aromatic rings. The number of primary amides is 1. The van der Waals surface area contributed by atoms with Gasteiger partial charge in [0, 0.05) is 18.1 Å². The predicted octanol–water partition coefficient (Wildman–Crippen LogP) is 3.28. The van der Waals surface area contributed by atoms with E-state index in [4.69, 9.17) is 31.5 Å². The van der Waals surface area contributed by atoms with Crippen LogP contribution in [0.2, 0.25) is 5.02 Å². The summed E-state index contributed by atoms with van der Waals surface area (Å²) in [5.74, 6) is -0.438. The third kappa shape index (κ3) is 4.80. The summed E-state index contributed by atoms with van der Waals surface area (Å²) < 4.78 is 16.4. The van der Waals surface area contributed by atoms with Gasteiger partial charge in [0.2, 0.25) is 6.10 Å². The number of carbonyl (C=O) groups excluding carboxylic acids is 2. The van der Waals surface area contributed by atoms with Crippen molar-refractivity contribution < 1.29 is 23.8 Å². The van der Waals surface area contributed by atoms with Crippen LogP contribution in [0.4, 0.5) is 0 Å². The van der Waals surface area contributed by atoms with Crippen LogP contribution >= 0.6 is 11.6 Å². The van der Waals surface area contributed by atoms with E-state index in [0.717, 1.165) is 6.42 Å². The lowest BCUT2D eigenvalue weighted by molar-refractivity contribution is -0.150. The Labute approximate surface area is 161 Å². The standard InChI is InChI=1S/C20H18ClNO5/c21-15-11-13(12-16-19(15)26-10-4-9-25-16)7-8-17(23)27-18(20(22)24)14-5-2-1-3-6-14/h1-3,5-8,11-12,18H,4,9-10H2,(H2,22,24)/b8-7+/t18-/m0/s1. The van der Waals surface area contributed by atoms with E-state index in [9.17, 15) is 9.59 Å². The lowest BCUT2D eigenvalue weighted by Gasteiger charge is -2.13. The van der Waals surface area contributed by atoms with Gasteiger partial charge in [0.15, 0.2) is 11.5 Å². The van der Waals surface area contributed by atoms with Crippen LogP contribution in [-0.4, -0.2) is 25.1 Å². The molecule has 0 fully saturated rings. The van der Waals surface area contributed by atoms with Crippen LogP contribution < -0.4 is 15.2 Å². The summed E-state index contributed by atoms with van der Waals surface area (Å²) in [7, 11) is 0. The third-order valence-corrected chi connectivity index (χ3v) is 4.11. The van der Waals surface area contributed by atoms with Crippen LogP contribution in [0.25, 0.3) is 6.08 Å². The number of nitrogens with two attached hydrogens (primary N) is 1. The molecule has 0 saturated carbocycles. The maximum atomic E-state index is 12.1. The summed E-state index contributed by atoms with van der Waals surface area (Å²) in [4.78, 5) is 23.7. The Bertz CT molecular complexity index is 866. The molecule has 1 heterocycles. The van der Waals surface area contributed by atoms with Crippen LogP contribution in [0.15, 0.2) is 48.5 Å². The van der Waals surface area contributed by atoms with Crippen molar-refractivity contribution in [1.82, 2.24) is 0 Å². The molecule has 6 nitrogen and oxygen atoms in total. The maximum Gasteiger partial charge on any atom is 0.331 e. The van der Waals surface area contributed by atoms with Crippen LogP contribution in [-0.2, 0) is 14.3 Å². The average Bonchev–Trinajstić information content (AvgIpc) is 2.91. The van der Waals surface area contributed by atoms with Gasteiger partial charge in [-0.3, -0.25) is 4.79 Å². The Morgan fingerprint density at radius 3 is 2.63 bits per heavy atom. The molecule has 1 atom stereocenters. The summed E-state index contributed by atoms with van der Waals surface area (Å²) in [6.45, 7) is 1.05. The first-order chi connectivity index (χ1) is 13.0. The number of fused-ring (bicyclic) bond motifs is 1. The lowest BCUT2D eigenvalue weighted by Crippen LogP contribution is -2.25. The van der Waals surface area contributed by atoms with Crippen molar-refractivity contribution in [1.29, 1.82) is 0 Å². The first kappa shape index (κ1) is 18.8. The molecule has 1 amide bonds. The van der Waals surface area contributed by atoms with Gasteiger partial charge >= 0.3 is 5.97 Å². The molecule has 0 unspecified atom stereocenters. The summed E-state index contributed by atoms with van der Waals surface area (Å²) in [6.07, 6.45) is 2.33. The molecule has 2 N–H and O–H groups in total. The van der Waals surface area contributed by atoms with E-state index in [1.54, 1.807) is 42.5 Å². The van der Waals surface area contributed by atoms with Gasteiger partial charge in [-0.05, 0) is 23.8 Å². The minimum atomic E-state index is -1.16. The summed E-state index contributed by atoms with van der Waals surface area (Å²) in [5.41, 5.74) is 6.49. The second-order valence-electron chi connectivity index (χ2n) is 5.84. The Morgan fingerprint density at radius 1 is 1.15 bits per heavy atom. The van der Waals surface area contributed by atoms with Gasteiger partial charge in [-0.1, -0.05) is 41.9 Å². The Morgan fingerprint density at radius 2 is 1.89 bits per heavy atom. The molecule has 3 rings (SSSR count). The second kappa shape index (κ2) is 8.60. The predicted molar refractivity (Wildman–Crippen MR) is 101 cm³/mol. The number of ether oxygens (including phenoxy) is 3. The highest BCUT2D eigenvalue weighted by molar-refractivity contribution is 6.32. The first-order valence-corrected chi connectivity index (χ1v) is 8.74. The molecule has 1 aliphatic heterocycles. The maximum absolute atomic E-state index is 12.1. The van der Waals surface area contributed by atoms with Gasteiger partial charge in [-0.2, -0.15) is 0 Å². The summed E-state index contributed by atoms with van der Waals surface area (Å²) in [5, 5.41) is 0.390. The minimum Gasteiger partial charge on any atom is -0.489 e. The molecule has 0 aliphatic carbocycles. The highest BCUT2D eigenvalue weighted by Gasteiger charge is 2.21. The van der Waals surface area contributed by atoms with E-state index in [0.29, 0.717) is 40.9 Å². The highest BCUT2D eigenvalue weighted by Crippen LogP contribution is 2.38. The van der Waals surface area contributed by atoms with Gasteiger partial charge in [0.05, 0.1) is 18.2 Å². The zero-order chi connectivity index (χ0) is 19.2. The van der Waals surface area contributed by atoms with Crippen molar-refractivity contribution in [3.63, 3.8) is 0 Å². The number of esters is 1.